The maximum absolute atomic E-state index is 11.9. The monoisotopic (exact) mass is 195 g/mol. The normalized spacial score (nSPS) is 38.6. The second kappa shape index (κ2) is 2.51. The van der Waals surface area contributed by atoms with E-state index >= 15 is 0 Å². The first-order valence-corrected chi connectivity index (χ1v) is 5.60. The predicted octanol–water partition coefficient (Wildman–Crippen LogP) is 1.32. The molecule has 3 rings (SSSR count). The van der Waals surface area contributed by atoms with Crippen molar-refractivity contribution < 1.29 is 9.53 Å². The number of rotatable bonds is 1. The maximum Gasteiger partial charge on any atom is 0.326 e. The molecule has 2 aliphatic heterocycles. The van der Waals surface area contributed by atoms with Crippen LogP contribution >= 0.6 is 0 Å². The van der Waals surface area contributed by atoms with Crippen molar-refractivity contribution in [2.45, 2.75) is 49.6 Å². The average Bonchev–Trinajstić information content (AvgIpc) is 2.75. The van der Waals surface area contributed by atoms with Crippen molar-refractivity contribution in [3.63, 3.8) is 0 Å². The van der Waals surface area contributed by atoms with Gasteiger partial charge in [-0.15, -0.1) is 0 Å². The van der Waals surface area contributed by atoms with Gasteiger partial charge >= 0.3 is 5.97 Å². The maximum atomic E-state index is 11.9. The average molecular weight is 195 g/mol. The smallest absolute Gasteiger partial charge is 0.326 e. The van der Waals surface area contributed by atoms with Crippen LogP contribution < -0.4 is 0 Å². The van der Waals surface area contributed by atoms with E-state index in [4.69, 9.17) is 4.74 Å². The molecule has 0 N–H and O–H groups in total. The summed E-state index contributed by atoms with van der Waals surface area (Å²) >= 11 is 0. The van der Waals surface area contributed by atoms with E-state index in [9.17, 15) is 4.79 Å². The highest BCUT2D eigenvalue weighted by Crippen LogP contribution is 2.59. The van der Waals surface area contributed by atoms with Gasteiger partial charge in [-0.05, 0) is 45.1 Å². The van der Waals surface area contributed by atoms with Gasteiger partial charge < -0.3 is 4.74 Å². The number of nitrogens with zero attached hydrogens (tertiary/aromatic N) is 1. The zero-order valence-corrected chi connectivity index (χ0v) is 8.71. The summed E-state index contributed by atoms with van der Waals surface area (Å²) < 4.78 is 4.98. The van der Waals surface area contributed by atoms with Crippen molar-refractivity contribution in [3.05, 3.63) is 0 Å². The molecule has 0 amide bonds. The first-order valence-electron chi connectivity index (χ1n) is 5.60. The summed E-state index contributed by atoms with van der Waals surface area (Å²) in [5, 5.41) is 0. The topological polar surface area (TPSA) is 29.5 Å². The molecule has 3 nitrogen and oxygen atoms in total. The molecule has 1 saturated carbocycles. The van der Waals surface area contributed by atoms with Crippen LogP contribution in [0.5, 0.6) is 0 Å². The highest BCUT2D eigenvalue weighted by Gasteiger charge is 2.65. The predicted molar refractivity (Wildman–Crippen MR) is 51.9 cm³/mol. The lowest BCUT2D eigenvalue weighted by molar-refractivity contribution is -0.152. The molecule has 0 radical (unpaired) electrons. The third-order valence-electron chi connectivity index (χ3n) is 4.46. The van der Waals surface area contributed by atoms with Crippen molar-refractivity contribution in [1.29, 1.82) is 0 Å². The quantitative estimate of drug-likeness (QED) is 0.591. The second-order valence-corrected chi connectivity index (χ2v) is 5.00. The number of ether oxygens (including phenoxy) is 1. The minimum atomic E-state index is -0.217. The van der Waals surface area contributed by atoms with Crippen LogP contribution in [0.25, 0.3) is 0 Å². The molecule has 3 fully saturated rings. The Morgan fingerprint density at radius 3 is 2.57 bits per heavy atom. The Hall–Kier alpha value is -0.570. The Bertz CT molecular complexity index is 285. The van der Waals surface area contributed by atoms with Crippen LogP contribution in [0.4, 0.5) is 0 Å². The lowest BCUT2D eigenvalue weighted by Gasteiger charge is -2.32. The third kappa shape index (κ3) is 0.842. The van der Waals surface area contributed by atoms with E-state index in [1.165, 1.54) is 26.4 Å². The van der Waals surface area contributed by atoms with E-state index in [0.717, 1.165) is 25.8 Å². The van der Waals surface area contributed by atoms with Crippen molar-refractivity contribution in [2.24, 2.45) is 0 Å². The van der Waals surface area contributed by atoms with Crippen LogP contribution in [-0.2, 0) is 9.53 Å². The van der Waals surface area contributed by atoms with Crippen LogP contribution in [0.1, 0.15) is 38.5 Å². The summed E-state index contributed by atoms with van der Waals surface area (Å²) in [5.74, 6) is 0.0128. The molecule has 0 aromatic heterocycles. The van der Waals surface area contributed by atoms with Crippen LogP contribution in [0.15, 0.2) is 0 Å². The minimum absolute atomic E-state index is 0.0128. The highest BCUT2D eigenvalue weighted by molar-refractivity contribution is 5.82. The summed E-state index contributed by atoms with van der Waals surface area (Å²) in [6.45, 7) is 1.11. The molecule has 0 bridgehead atoms. The molecule has 1 atom stereocenters. The zero-order valence-electron chi connectivity index (χ0n) is 8.71. The lowest BCUT2D eigenvalue weighted by atomic mass is 9.94. The van der Waals surface area contributed by atoms with E-state index in [1.807, 2.05) is 0 Å². The molecule has 1 spiro atoms. The van der Waals surface area contributed by atoms with Gasteiger partial charge in [0.05, 0.1) is 7.11 Å². The third-order valence-corrected chi connectivity index (χ3v) is 4.46. The van der Waals surface area contributed by atoms with Gasteiger partial charge in [0, 0.05) is 5.54 Å². The van der Waals surface area contributed by atoms with Crippen LogP contribution in [0, 0.1) is 0 Å². The van der Waals surface area contributed by atoms with Gasteiger partial charge in [0.2, 0.25) is 0 Å². The molecular formula is C11H17NO2. The zero-order chi connectivity index (χ0) is 9.81. The number of methoxy groups -OCH3 is 1. The fraction of sp³-hybridized carbons (Fsp3) is 0.909. The summed E-state index contributed by atoms with van der Waals surface area (Å²) in [4.78, 5) is 14.3. The summed E-state index contributed by atoms with van der Waals surface area (Å²) in [7, 11) is 1.52. The summed E-state index contributed by atoms with van der Waals surface area (Å²) in [6.07, 6.45) is 7.01. The van der Waals surface area contributed by atoms with E-state index in [1.54, 1.807) is 0 Å². The standard InChI is InChI=1S/C11H17NO2/c1-14-9(13)11-3-2-8-12(11)10(4-5-10)6-7-11/h2-8H2,1H3. The molecule has 0 aromatic rings. The molecule has 1 unspecified atom stereocenters. The van der Waals surface area contributed by atoms with E-state index in [-0.39, 0.29) is 11.5 Å². The van der Waals surface area contributed by atoms with Gasteiger partial charge in [0.25, 0.3) is 0 Å². The lowest BCUT2D eigenvalue weighted by Crippen LogP contribution is -2.49. The van der Waals surface area contributed by atoms with Gasteiger partial charge in [-0.1, -0.05) is 0 Å². The number of carbonyl (C=O) groups is 1. The largest absolute Gasteiger partial charge is 0.468 e. The van der Waals surface area contributed by atoms with Gasteiger partial charge in [-0.25, -0.2) is 0 Å². The number of esters is 1. The fourth-order valence-corrected chi connectivity index (χ4v) is 3.57. The number of carbonyl (C=O) groups excluding carboxylic acids is 1. The van der Waals surface area contributed by atoms with Crippen LogP contribution in [-0.4, -0.2) is 35.6 Å². The second-order valence-electron chi connectivity index (χ2n) is 5.00. The minimum Gasteiger partial charge on any atom is -0.468 e. The molecule has 2 saturated heterocycles. The fourth-order valence-electron chi connectivity index (χ4n) is 3.57. The molecule has 3 heteroatoms. The molecule has 0 aromatic carbocycles. The Morgan fingerprint density at radius 1 is 1.21 bits per heavy atom. The van der Waals surface area contributed by atoms with Gasteiger partial charge in [-0.3, -0.25) is 9.69 Å². The summed E-state index contributed by atoms with van der Waals surface area (Å²) in [6, 6.07) is 0. The molecule has 2 heterocycles. The highest BCUT2D eigenvalue weighted by atomic mass is 16.5. The number of hydrogen-bond acceptors (Lipinski definition) is 3. The first kappa shape index (κ1) is 8.72. The summed E-state index contributed by atoms with van der Waals surface area (Å²) in [5.41, 5.74) is 0.204. The van der Waals surface area contributed by atoms with E-state index in [2.05, 4.69) is 4.90 Å². The van der Waals surface area contributed by atoms with Gasteiger partial charge in [0.15, 0.2) is 0 Å². The van der Waals surface area contributed by atoms with E-state index in [0.29, 0.717) is 5.54 Å². The molecule has 14 heavy (non-hydrogen) atoms. The van der Waals surface area contributed by atoms with Crippen molar-refractivity contribution in [2.75, 3.05) is 13.7 Å². The van der Waals surface area contributed by atoms with E-state index < -0.39 is 0 Å². The van der Waals surface area contributed by atoms with Crippen molar-refractivity contribution >= 4 is 5.97 Å². The Balaban J connectivity index is 1.94. The molecule has 3 aliphatic rings. The SMILES string of the molecule is COC(=O)C12CCCN1C1(CC1)CC2. The van der Waals surface area contributed by atoms with Gasteiger partial charge in [-0.2, -0.15) is 0 Å². The van der Waals surface area contributed by atoms with Crippen LogP contribution in [0.2, 0.25) is 0 Å². The Kier molecular flexibility index (Phi) is 1.56. The molecule has 1 aliphatic carbocycles. The Labute approximate surface area is 84.4 Å². The molecule has 78 valence electrons. The number of fused-ring (bicyclic) bond motifs is 2. The molecular weight excluding hydrogens is 178 g/mol. The Morgan fingerprint density at radius 2 is 1.93 bits per heavy atom. The van der Waals surface area contributed by atoms with Crippen LogP contribution in [0.3, 0.4) is 0 Å². The van der Waals surface area contributed by atoms with Gasteiger partial charge in [0.1, 0.15) is 5.54 Å². The van der Waals surface area contributed by atoms with Crippen molar-refractivity contribution in [3.8, 4) is 0 Å². The first-order chi connectivity index (χ1) is 6.73. The number of hydrogen-bond donors (Lipinski definition) is 0. The van der Waals surface area contributed by atoms with Crippen molar-refractivity contribution in [1.82, 2.24) is 4.90 Å².